The lowest BCUT2D eigenvalue weighted by atomic mass is 9.80. The van der Waals surface area contributed by atoms with Gasteiger partial charge in [0.05, 0.1) is 12.8 Å². The highest BCUT2D eigenvalue weighted by Gasteiger charge is 2.31. The molecule has 2 heterocycles. The van der Waals surface area contributed by atoms with Gasteiger partial charge >= 0.3 is 0 Å². The van der Waals surface area contributed by atoms with E-state index in [2.05, 4.69) is 20.8 Å². The van der Waals surface area contributed by atoms with Gasteiger partial charge in [0.15, 0.2) is 0 Å². The molecule has 8 nitrogen and oxygen atoms in total. The smallest absolute Gasteiger partial charge is 0.290 e. The number of carbonyl (C=O) groups is 1. The number of rotatable bonds is 6. The number of amides is 1. The molecule has 3 aromatic rings. The number of benzene rings is 1. The van der Waals surface area contributed by atoms with Gasteiger partial charge in [-0.05, 0) is 18.8 Å². The first kappa shape index (κ1) is 16.5. The molecule has 0 bridgehead atoms. The first-order chi connectivity index (χ1) is 12.7. The van der Waals surface area contributed by atoms with Crippen LogP contribution in [0.2, 0.25) is 0 Å². The Morgan fingerprint density at radius 2 is 2.12 bits per heavy atom. The zero-order chi connectivity index (χ0) is 17.9. The molecule has 0 aliphatic heterocycles. The van der Waals surface area contributed by atoms with Crippen molar-refractivity contribution in [3.63, 3.8) is 0 Å². The van der Waals surface area contributed by atoms with Gasteiger partial charge < -0.3 is 14.9 Å². The third-order valence-corrected chi connectivity index (χ3v) is 4.57. The second kappa shape index (κ2) is 7.09. The maximum atomic E-state index is 12.3. The molecule has 0 radical (unpaired) electrons. The monoisotopic (exact) mass is 353 g/mol. The molecule has 1 amide bonds. The largest absolute Gasteiger partial charge is 0.390 e. The van der Waals surface area contributed by atoms with Gasteiger partial charge in [-0.3, -0.25) is 9.48 Å². The standard InChI is InChI=1S/C18H19N5O3/c24-11-15-10-23(22-20-15)9-12-6-14(7-12)19-18(25)17-8-16(21-26-17)13-4-2-1-3-5-13/h1-5,8,10,12,14,24H,6-7,9,11H2,(H,19,25)/t12-,14-. The van der Waals surface area contributed by atoms with E-state index in [0.717, 1.165) is 24.9 Å². The number of aliphatic hydroxyl groups excluding tert-OH is 1. The summed E-state index contributed by atoms with van der Waals surface area (Å²) in [4.78, 5) is 12.3. The first-order valence-electron chi connectivity index (χ1n) is 8.54. The van der Waals surface area contributed by atoms with Gasteiger partial charge in [0, 0.05) is 24.2 Å². The summed E-state index contributed by atoms with van der Waals surface area (Å²) in [7, 11) is 0. The van der Waals surface area contributed by atoms with E-state index >= 15 is 0 Å². The minimum Gasteiger partial charge on any atom is -0.390 e. The molecule has 0 unspecified atom stereocenters. The van der Waals surface area contributed by atoms with E-state index in [1.54, 1.807) is 16.9 Å². The molecule has 8 heteroatoms. The summed E-state index contributed by atoms with van der Waals surface area (Å²) in [6.07, 6.45) is 3.49. The molecule has 1 aromatic carbocycles. The second-order valence-corrected chi connectivity index (χ2v) is 6.54. The van der Waals surface area contributed by atoms with Crippen molar-refractivity contribution in [2.45, 2.75) is 32.0 Å². The second-order valence-electron chi connectivity index (χ2n) is 6.54. The Kier molecular flexibility index (Phi) is 4.49. The Morgan fingerprint density at radius 1 is 1.31 bits per heavy atom. The van der Waals surface area contributed by atoms with Crippen LogP contribution >= 0.6 is 0 Å². The Morgan fingerprint density at radius 3 is 2.85 bits per heavy atom. The molecule has 26 heavy (non-hydrogen) atoms. The third-order valence-electron chi connectivity index (χ3n) is 4.57. The van der Waals surface area contributed by atoms with Gasteiger partial charge in [0.1, 0.15) is 11.4 Å². The van der Waals surface area contributed by atoms with Gasteiger partial charge in [-0.25, -0.2) is 0 Å². The summed E-state index contributed by atoms with van der Waals surface area (Å²) < 4.78 is 6.91. The minimum absolute atomic E-state index is 0.106. The van der Waals surface area contributed by atoms with Crippen LogP contribution in [0, 0.1) is 5.92 Å². The molecule has 1 aliphatic carbocycles. The summed E-state index contributed by atoms with van der Waals surface area (Å²) in [5.74, 6) is 0.408. The van der Waals surface area contributed by atoms with Crippen molar-refractivity contribution in [1.82, 2.24) is 25.5 Å². The van der Waals surface area contributed by atoms with Crippen LogP contribution in [0.1, 0.15) is 29.1 Å². The highest BCUT2D eigenvalue weighted by Crippen LogP contribution is 2.29. The molecule has 1 saturated carbocycles. The van der Waals surface area contributed by atoms with Crippen molar-refractivity contribution in [2.24, 2.45) is 5.92 Å². The highest BCUT2D eigenvalue weighted by molar-refractivity contribution is 5.92. The molecule has 0 saturated heterocycles. The first-order valence-corrected chi connectivity index (χ1v) is 8.54. The highest BCUT2D eigenvalue weighted by atomic mass is 16.5. The SMILES string of the molecule is O=C(N[C@H]1C[C@H](Cn2cc(CO)nn2)C1)c1cc(-c2ccccc2)no1. The van der Waals surface area contributed by atoms with Crippen LogP contribution in [-0.4, -0.2) is 37.2 Å². The van der Waals surface area contributed by atoms with Gasteiger partial charge in [0.2, 0.25) is 5.76 Å². The predicted molar refractivity (Wildman–Crippen MR) is 91.9 cm³/mol. The fourth-order valence-electron chi connectivity index (χ4n) is 3.15. The molecule has 1 aliphatic rings. The number of hydrogen-bond donors (Lipinski definition) is 2. The molecule has 1 fully saturated rings. The molecular formula is C18H19N5O3. The normalized spacial score (nSPS) is 19.1. The predicted octanol–water partition coefficient (Wildman–Crippen LogP) is 1.63. The molecule has 134 valence electrons. The Labute approximate surface area is 149 Å². The van der Waals surface area contributed by atoms with Crippen molar-refractivity contribution < 1.29 is 14.4 Å². The third kappa shape index (κ3) is 3.50. The summed E-state index contributed by atoms with van der Waals surface area (Å²) in [6.45, 7) is 0.630. The Balaban J connectivity index is 1.28. The quantitative estimate of drug-likeness (QED) is 0.698. The van der Waals surface area contributed by atoms with E-state index in [0.29, 0.717) is 17.3 Å². The molecule has 2 N–H and O–H groups in total. The number of hydrogen-bond acceptors (Lipinski definition) is 6. The number of aliphatic hydroxyl groups is 1. The number of carbonyl (C=O) groups excluding carboxylic acids is 1. The average Bonchev–Trinajstić information content (AvgIpc) is 3.30. The van der Waals surface area contributed by atoms with Crippen LogP contribution in [0.3, 0.4) is 0 Å². The average molecular weight is 353 g/mol. The van der Waals surface area contributed by atoms with Gasteiger partial charge in [-0.2, -0.15) is 0 Å². The minimum atomic E-state index is -0.244. The maximum absolute atomic E-state index is 12.3. The van der Waals surface area contributed by atoms with E-state index in [9.17, 15) is 4.79 Å². The van der Waals surface area contributed by atoms with Crippen molar-refractivity contribution in [2.75, 3.05) is 0 Å². The zero-order valence-electron chi connectivity index (χ0n) is 14.1. The lowest BCUT2D eigenvalue weighted by Gasteiger charge is -2.35. The Hall–Kier alpha value is -3.00. The van der Waals surface area contributed by atoms with Gasteiger partial charge in [0.25, 0.3) is 5.91 Å². The van der Waals surface area contributed by atoms with Crippen molar-refractivity contribution in [3.8, 4) is 11.3 Å². The van der Waals surface area contributed by atoms with E-state index < -0.39 is 0 Å². The van der Waals surface area contributed by atoms with Crippen LogP contribution in [0.25, 0.3) is 11.3 Å². The summed E-state index contributed by atoms with van der Waals surface area (Å²) in [6, 6.07) is 11.4. The van der Waals surface area contributed by atoms with E-state index in [4.69, 9.17) is 9.63 Å². The number of nitrogens with zero attached hydrogens (tertiary/aromatic N) is 4. The van der Waals surface area contributed by atoms with Crippen LogP contribution in [-0.2, 0) is 13.2 Å². The summed E-state index contributed by atoms with van der Waals surface area (Å²) in [5, 5.41) is 23.8. The molecule has 2 aromatic heterocycles. The van der Waals surface area contributed by atoms with Crippen LogP contribution in [0.5, 0.6) is 0 Å². The zero-order valence-corrected chi connectivity index (χ0v) is 14.1. The van der Waals surface area contributed by atoms with E-state index in [1.807, 2.05) is 30.3 Å². The lowest BCUT2D eigenvalue weighted by Crippen LogP contribution is -2.45. The van der Waals surface area contributed by atoms with Crippen molar-refractivity contribution in [1.29, 1.82) is 0 Å². The molecular weight excluding hydrogens is 334 g/mol. The summed E-state index contributed by atoms with van der Waals surface area (Å²) in [5.41, 5.74) is 2.12. The Bertz CT molecular complexity index is 883. The van der Waals surface area contributed by atoms with Crippen LogP contribution in [0.4, 0.5) is 0 Å². The fourth-order valence-corrected chi connectivity index (χ4v) is 3.15. The topological polar surface area (TPSA) is 106 Å². The van der Waals surface area contributed by atoms with E-state index in [1.165, 1.54) is 0 Å². The van der Waals surface area contributed by atoms with Crippen molar-refractivity contribution in [3.05, 3.63) is 54.0 Å². The summed E-state index contributed by atoms with van der Waals surface area (Å²) >= 11 is 0. The van der Waals surface area contributed by atoms with Crippen LogP contribution in [0.15, 0.2) is 47.1 Å². The lowest BCUT2D eigenvalue weighted by molar-refractivity contribution is 0.0842. The molecule has 4 rings (SSSR count). The fraction of sp³-hybridized carbons (Fsp3) is 0.333. The number of aromatic nitrogens is 4. The van der Waals surface area contributed by atoms with Crippen LogP contribution < -0.4 is 5.32 Å². The van der Waals surface area contributed by atoms with Gasteiger partial charge in [-0.15, -0.1) is 5.10 Å². The van der Waals surface area contributed by atoms with E-state index in [-0.39, 0.29) is 24.3 Å². The van der Waals surface area contributed by atoms with Gasteiger partial charge in [-0.1, -0.05) is 40.7 Å². The van der Waals surface area contributed by atoms with Crippen molar-refractivity contribution >= 4 is 5.91 Å². The number of nitrogens with one attached hydrogen (secondary N) is 1. The molecule has 0 spiro atoms. The molecule has 0 atom stereocenters. The maximum Gasteiger partial charge on any atom is 0.290 e.